The first-order chi connectivity index (χ1) is 13.8. The van der Waals surface area contributed by atoms with Gasteiger partial charge in [0.2, 0.25) is 0 Å². The third kappa shape index (κ3) is 5.87. The van der Waals surface area contributed by atoms with Crippen molar-refractivity contribution in [1.29, 1.82) is 0 Å². The van der Waals surface area contributed by atoms with Crippen LogP contribution in [0.25, 0.3) is 10.9 Å². The summed E-state index contributed by atoms with van der Waals surface area (Å²) in [7, 11) is 1.69. The molecule has 2 rings (SSSR count). The van der Waals surface area contributed by atoms with E-state index in [1.807, 2.05) is 22.9 Å². The number of fused-ring (bicyclic) bond motifs is 1. The number of aromatic nitrogens is 1. The van der Waals surface area contributed by atoms with Crippen LogP contribution in [0.15, 0.2) is 41.1 Å². The lowest BCUT2D eigenvalue weighted by molar-refractivity contribution is -0.152. The summed E-state index contributed by atoms with van der Waals surface area (Å²) in [5.41, 5.74) is 0.262. The number of nitrogens with zero attached hydrogens (tertiary/aromatic N) is 1. The molecule has 1 aromatic carbocycles. The van der Waals surface area contributed by atoms with Crippen LogP contribution < -0.4 is 10.1 Å². The highest BCUT2D eigenvalue weighted by Crippen LogP contribution is 2.37. The van der Waals surface area contributed by atoms with Gasteiger partial charge in [0.1, 0.15) is 11.0 Å². The number of aryl methyl sites for hydroxylation is 1. The van der Waals surface area contributed by atoms with Crippen LogP contribution in [-0.4, -0.2) is 39.7 Å². The molecule has 2 N–H and O–H groups in total. The van der Waals surface area contributed by atoms with Crippen molar-refractivity contribution in [3.63, 3.8) is 0 Å². The maximum absolute atomic E-state index is 13.0. The third-order valence-electron chi connectivity index (χ3n) is 4.78. The Labute approximate surface area is 178 Å². The third-order valence-corrected chi connectivity index (χ3v) is 6.20. The Kier molecular flexibility index (Phi) is 7.39. The van der Waals surface area contributed by atoms with Crippen LogP contribution in [0, 0.1) is 0 Å². The van der Waals surface area contributed by atoms with E-state index in [1.165, 1.54) is 20.8 Å². The number of alkyl halides is 3. The SMILES string of the molecule is CN/C(C)=C(/CCn1ccc2cc(OC(C)(C)C(=O)O)ccc21)SC(C)C(F)(F)F. The number of benzene rings is 1. The molecule has 0 spiro atoms. The van der Waals surface area contributed by atoms with Crippen molar-refractivity contribution in [3.05, 3.63) is 41.1 Å². The molecule has 0 amide bonds. The summed E-state index contributed by atoms with van der Waals surface area (Å²) < 4.78 is 46.5. The molecule has 5 nitrogen and oxygen atoms in total. The fourth-order valence-corrected chi connectivity index (χ4v) is 3.80. The van der Waals surface area contributed by atoms with Gasteiger partial charge in [0.25, 0.3) is 0 Å². The number of ether oxygens (including phenoxy) is 1. The molecule has 2 aromatic rings. The van der Waals surface area contributed by atoms with Gasteiger partial charge in [-0.2, -0.15) is 13.2 Å². The minimum atomic E-state index is -4.26. The maximum atomic E-state index is 13.0. The molecule has 0 aliphatic heterocycles. The van der Waals surface area contributed by atoms with E-state index < -0.39 is 23.0 Å². The molecule has 9 heteroatoms. The highest BCUT2D eigenvalue weighted by molar-refractivity contribution is 8.03. The molecule has 1 aromatic heterocycles. The molecule has 0 bridgehead atoms. The van der Waals surface area contributed by atoms with E-state index in [4.69, 9.17) is 4.74 Å². The van der Waals surface area contributed by atoms with Crippen molar-refractivity contribution < 1.29 is 27.8 Å². The monoisotopic (exact) mass is 444 g/mol. The zero-order valence-corrected chi connectivity index (χ0v) is 18.4. The predicted molar refractivity (Wildman–Crippen MR) is 114 cm³/mol. The van der Waals surface area contributed by atoms with E-state index in [1.54, 1.807) is 26.1 Å². The molecule has 30 heavy (non-hydrogen) atoms. The average molecular weight is 445 g/mol. The zero-order chi connectivity index (χ0) is 22.7. The Morgan fingerprint density at radius 3 is 2.53 bits per heavy atom. The number of carboxylic acids is 1. The van der Waals surface area contributed by atoms with Crippen molar-refractivity contribution in [3.8, 4) is 5.75 Å². The zero-order valence-electron chi connectivity index (χ0n) is 17.6. The van der Waals surface area contributed by atoms with Gasteiger partial charge in [-0.1, -0.05) is 0 Å². The van der Waals surface area contributed by atoms with Crippen LogP contribution in [0.1, 0.15) is 34.1 Å². The van der Waals surface area contributed by atoms with E-state index in [9.17, 15) is 23.1 Å². The quantitative estimate of drug-likeness (QED) is 0.542. The Morgan fingerprint density at radius 2 is 1.97 bits per heavy atom. The van der Waals surface area contributed by atoms with Crippen molar-refractivity contribution in [2.45, 2.75) is 57.7 Å². The molecule has 0 radical (unpaired) electrons. The molecule has 0 saturated carbocycles. The van der Waals surface area contributed by atoms with E-state index >= 15 is 0 Å². The topological polar surface area (TPSA) is 63.5 Å². The predicted octanol–water partition coefficient (Wildman–Crippen LogP) is 5.41. The first kappa shape index (κ1) is 24.0. The van der Waals surface area contributed by atoms with E-state index in [0.717, 1.165) is 28.4 Å². The number of allylic oxidation sites excluding steroid dienone is 2. The number of halogens is 3. The second-order valence-electron chi connectivity index (χ2n) is 7.50. The number of hydrogen-bond acceptors (Lipinski definition) is 4. The number of hydrogen-bond donors (Lipinski definition) is 2. The number of nitrogens with one attached hydrogen (secondary N) is 1. The normalized spacial score (nSPS) is 14.4. The number of carboxylic acid groups (broad SMARTS) is 1. The fourth-order valence-electron chi connectivity index (χ4n) is 2.75. The van der Waals surface area contributed by atoms with E-state index in [0.29, 0.717) is 23.6 Å². The molecule has 0 aliphatic rings. The molecular formula is C21H27F3N2O3S. The lowest BCUT2D eigenvalue weighted by Gasteiger charge is -2.21. The van der Waals surface area contributed by atoms with Crippen LogP contribution >= 0.6 is 11.8 Å². The minimum Gasteiger partial charge on any atom is -0.478 e. The van der Waals surface area contributed by atoms with Gasteiger partial charge in [0.05, 0.1) is 0 Å². The highest BCUT2D eigenvalue weighted by atomic mass is 32.2. The van der Waals surface area contributed by atoms with Crippen LogP contribution in [0.3, 0.4) is 0 Å². The summed E-state index contributed by atoms with van der Waals surface area (Å²) in [6.07, 6.45) is -1.95. The van der Waals surface area contributed by atoms with Crippen LogP contribution in [-0.2, 0) is 11.3 Å². The van der Waals surface area contributed by atoms with Crippen molar-refractivity contribution in [2.24, 2.45) is 0 Å². The number of rotatable bonds is 9. The maximum Gasteiger partial charge on any atom is 0.400 e. The minimum absolute atomic E-state index is 0.439. The van der Waals surface area contributed by atoms with Gasteiger partial charge in [-0.25, -0.2) is 4.79 Å². The first-order valence-electron chi connectivity index (χ1n) is 9.47. The number of thioether (sulfide) groups is 1. The van der Waals surface area contributed by atoms with E-state index in [2.05, 4.69) is 5.32 Å². The number of carbonyl (C=O) groups is 1. The summed E-state index contributed by atoms with van der Waals surface area (Å²) in [6.45, 7) is 6.40. The van der Waals surface area contributed by atoms with Crippen molar-refractivity contribution >= 4 is 28.6 Å². The second kappa shape index (κ2) is 9.24. The van der Waals surface area contributed by atoms with Gasteiger partial charge in [0.15, 0.2) is 5.60 Å². The first-order valence-corrected chi connectivity index (χ1v) is 10.4. The Hall–Kier alpha value is -2.29. The Bertz CT molecular complexity index is 935. The average Bonchev–Trinajstić information content (AvgIpc) is 3.05. The lowest BCUT2D eigenvalue weighted by Crippen LogP contribution is -2.37. The van der Waals surface area contributed by atoms with Crippen molar-refractivity contribution in [1.82, 2.24) is 9.88 Å². The van der Waals surface area contributed by atoms with E-state index in [-0.39, 0.29) is 0 Å². The molecule has 1 heterocycles. The van der Waals surface area contributed by atoms with Gasteiger partial charge in [0, 0.05) is 41.3 Å². The van der Waals surface area contributed by atoms with Gasteiger partial charge in [-0.15, -0.1) is 11.8 Å². The molecule has 1 atom stereocenters. The smallest absolute Gasteiger partial charge is 0.400 e. The molecule has 0 saturated heterocycles. The lowest BCUT2D eigenvalue weighted by atomic mass is 10.1. The molecule has 0 fully saturated rings. The van der Waals surface area contributed by atoms with Crippen LogP contribution in [0.4, 0.5) is 13.2 Å². The Balaban J connectivity index is 2.18. The molecular weight excluding hydrogens is 417 g/mol. The Morgan fingerprint density at radius 1 is 1.30 bits per heavy atom. The van der Waals surface area contributed by atoms with Gasteiger partial charge < -0.3 is 19.7 Å². The molecule has 0 aliphatic carbocycles. The largest absolute Gasteiger partial charge is 0.478 e. The van der Waals surface area contributed by atoms with Gasteiger partial charge in [-0.05, 0) is 58.4 Å². The van der Waals surface area contributed by atoms with Gasteiger partial charge >= 0.3 is 12.1 Å². The standard InChI is InChI=1S/C21H27F3N2O3S/c1-13(25-5)18(30-14(2)21(22,23)24)9-11-26-10-8-15-12-16(6-7-17(15)26)29-20(3,4)19(27)28/h6-8,10,12,14,25H,9,11H2,1-5H3,(H,27,28)/b18-13-. The van der Waals surface area contributed by atoms with Crippen LogP contribution in [0.2, 0.25) is 0 Å². The summed E-state index contributed by atoms with van der Waals surface area (Å²) >= 11 is 0.826. The molecule has 1 unspecified atom stereocenters. The number of aliphatic carboxylic acids is 1. The summed E-state index contributed by atoms with van der Waals surface area (Å²) in [5.74, 6) is -0.626. The highest BCUT2D eigenvalue weighted by Gasteiger charge is 2.37. The summed E-state index contributed by atoms with van der Waals surface area (Å²) in [4.78, 5) is 11.9. The molecule has 166 valence electrons. The van der Waals surface area contributed by atoms with Gasteiger partial charge in [-0.3, -0.25) is 0 Å². The fraction of sp³-hybridized carbons (Fsp3) is 0.476. The van der Waals surface area contributed by atoms with Crippen molar-refractivity contribution in [2.75, 3.05) is 7.05 Å². The van der Waals surface area contributed by atoms with Crippen LogP contribution in [0.5, 0.6) is 5.75 Å². The second-order valence-corrected chi connectivity index (χ2v) is 8.93. The summed E-state index contributed by atoms with van der Waals surface area (Å²) in [6, 6.07) is 7.14. The summed E-state index contributed by atoms with van der Waals surface area (Å²) in [5, 5.41) is 11.5.